The highest BCUT2D eigenvalue weighted by Crippen LogP contribution is 2.47. The van der Waals surface area contributed by atoms with Crippen LogP contribution in [0.15, 0.2) is 22.7 Å². The lowest BCUT2D eigenvalue weighted by molar-refractivity contribution is 0.703. The van der Waals surface area contributed by atoms with E-state index in [0.29, 0.717) is 5.41 Å². The zero-order chi connectivity index (χ0) is 10.9. The van der Waals surface area contributed by atoms with Crippen LogP contribution in [-0.2, 0) is 11.8 Å². The largest absolute Gasteiger partial charge is 0.330 e. The van der Waals surface area contributed by atoms with Crippen molar-refractivity contribution in [2.24, 2.45) is 5.73 Å². The average Bonchev–Trinajstić information content (AvgIpc) is 3.02. The van der Waals surface area contributed by atoms with Gasteiger partial charge in [0.05, 0.1) is 0 Å². The van der Waals surface area contributed by atoms with Crippen LogP contribution >= 0.6 is 15.9 Å². The van der Waals surface area contributed by atoms with Gasteiger partial charge in [0.1, 0.15) is 0 Å². The van der Waals surface area contributed by atoms with Crippen molar-refractivity contribution in [3.05, 3.63) is 33.8 Å². The number of hydrogen-bond acceptors (Lipinski definition) is 1. The Hall–Kier alpha value is -0.340. The average molecular weight is 268 g/mol. The molecule has 0 radical (unpaired) electrons. The molecule has 0 atom stereocenters. The van der Waals surface area contributed by atoms with E-state index in [1.165, 1.54) is 34.9 Å². The molecule has 2 N–H and O–H groups in total. The van der Waals surface area contributed by atoms with Gasteiger partial charge in [0.2, 0.25) is 0 Å². The van der Waals surface area contributed by atoms with Crippen molar-refractivity contribution >= 4 is 15.9 Å². The Morgan fingerprint density at radius 3 is 2.60 bits per heavy atom. The number of rotatable bonds is 4. The molecule has 1 aromatic rings. The summed E-state index contributed by atoms with van der Waals surface area (Å²) >= 11 is 3.66. The molecule has 15 heavy (non-hydrogen) atoms. The van der Waals surface area contributed by atoms with Crippen LogP contribution in [0.2, 0.25) is 0 Å². The molecule has 0 bridgehead atoms. The number of benzene rings is 1. The molecular formula is C13H18BrN. The van der Waals surface area contributed by atoms with E-state index >= 15 is 0 Å². The van der Waals surface area contributed by atoms with Gasteiger partial charge in [0, 0.05) is 16.4 Å². The molecule has 2 rings (SSSR count). The Morgan fingerprint density at radius 1 is 1.40 bits per heavy atom. The fourth-order valence-corrected chi connectivity index (χ4v) is 2.69. The molecule has 0 saturated heterocycles. The molecule has 1 fully saturated rings. The third-order valence-electron chi connectivity index (χ3n) is 3.43. The summed E-state index contributed by atoms with van der Waals surface area (Å²) in [5.74, 6) is 0. The van der Waals surface area contributed by atoms with Crippen LogP contribution in [0.5, 0.6) is 0 Å². The maximum Gasteiger partial charge on any atom is 0.0210 e. The van der Waals surface area contributed by atoms with Gasteiger partial charge in [-0.25, -0.2) is 0 Å². The molecule has 2 heteroatoms. The lowest BCUT2D eigenvalue weighted by Gasteiger charge is -2.14. The van der Waals surface area contributed by atoms with E-state index in [1.54, 1.807) is 0 Å². The summed E-state index contributed by atoms with van der Waals surface area (Å²) in [5.41, 5.74) is 8.97. The van der Waals surface area contributed by atoms with Gasteiger partial charge in [-0.15, -0.1) is 0 Å². The summed E-state index contributed by atoms with van der Waals surface area (Å²) in [6.45, 7) is 3.00. The highest BCUT2D eigenvalue weighted by molar-refractivity contribution is 9.10. The third kappa shape index (κ3) is 2.11. The van der Waals surface area contributed by atoms with Crippen LogP contribution in [-0.4, -0.2) is 6.54 Å². The Morgan fingerprint density at radius 2 is 2.13 bits per heavy atom. The van der Waals surface area contributed by atoms with Crippen molar-refractivity contribution < 1.29 is 0 Å². The molecule has 1 nitrogen and oxygen atoms in total. The van der Waals surface area contributed by atoms with Crippen molar-refractivity contribution in [1.29, 1.82) is 0 Å². The molecule has 0 heterocycles. The number of nitrogens with two attached hydrogens (primary N) is 1. The molecular weight excluding hydrogens is 250 g/mol. The van der Waals surface area contributed by atoms with Crippen molar-refractivity contribution in [3.63, 3.8) is 0 Å². The third-order valence-corrected chi connectivity index (χ3v) is 4.17. The number of hydrogen-bond donors (Lipinski definition) is 1. The molecule has 0 unspecified atom stereocenters. The zero-order valence-electron chi connectivity index (χ0n) is 9.22. The molecule has 1 aromatic carbocycles. The van der Waals surface area contributed by atoms with Gasteiger partial charge in [0.15, 0.2) is 0 Å². The monoisotopic (exact) mass is 267 g/mol. The Kier molecular flexibility index (Phi) is 3.17. The van der Waals surface area contributed by atoms with E-state index < -0.39 is 0 Å². The fourth-order valence-electron chi connectivity index (χ4n) is 2.11. The predicted molar refractivity (Wildman–Crippen MR) is 68.1 cm³/mol. The van der Waals surface area contributed by atoms with Gasteiger partial charge in [-0.05, 0) is 36.5 Å². The minimum absolute atomic E-state index is 0.313. The molecule has 1 aliphatic rings. The summed E-state index contributed by atoms with van der Waals surface area (Å²) in [7, 11) is 0. The molecule has 0 amide bonds. The molecule has 1 aliphatic carbocycles. The minimum atomic E-state index is 0.313. The van der Waals surface area contributed by atoms with Crippen LogP contribution in [0.3, 0.4) is 0 Å². The van der Waals surface area contributed by atoms with Gasteiger partial charge in [-0.2, -0.15) is 0 Å². The van der Waals surface area contributed by atoms with E-state index in [4.69, 9.17) is 5.73 Å². The van der Waals surface area contributed by atoms with Crippen molar-refractivity contribution in [1.82, 2.24) is 0 Å². The van der Waals surface area contributed by atoms with Gasteiger partial charge < -0.3 is 5.73 Å². The first kappa shape index (κ1) is 11.2. The van der Waals surface area contributed by atoms with Gasteiger partial charge >= 0.3 is 0 Å². The second-order valence-corrected chi connectivity index (χ2v) is 5.39. The smallest absolute Gasteiger partial charge is 0.0210 e. The van der Waals surface area contributed by atoms with E-state index in [-0.39, 0.29) is 0 Å². The van der Waals surface area contributed by atoms with Crippen LogP contribution in [0, 0.1) is 0 Å². The van der Waals surface area contributed by atoms with E-state index in [9.17, 15) is 0 Å². The number of halogens is 1. The first-order chi connectivity index (χ1) is 7.22. The second-order valence-electron chi connectivity index (χ2n) is 4.54. The fraction of sp³-hybridized carbons (Fsp3) is 0.538. The second kappa shape index (κ2) is 4.26. The van der Waals surface area contributed by atoms with Crippen LogP contribution in [0.25, 0.3) is 0 Å². The first-order valence-corrected chi connectivity index (χ1v) is 6.50. The molecule has 0 aliphatic heterocycles. The van der Waals surface area contributed by atoms with Gasteiger partial charge in [-0.1, -0.05) is 41.4 Å². The summed E-state index contributed by atoms with van der Waals surface area (Å²) in [4.78, 5) is 0. The molecule has 0 aromatic heterocycles. The summed E-state index contributed by atoms with van der Waals surface area (Å²) < 4.78 is 1.25. The van der Waals surface area contributed by atoms with Gasteiger partial charge in [0.25, 0.3) is 0 Å². The highest BCUT2D eigenvalue weighted by Gasteiger charge is 2.42. The van der Waals surface area contributed by atoms with Crippen molar-refractivity contribution in [3.8, 4) is 0 Å². The van der Waals surface area contributed by atoms with Crippen molar-refractivity contribution in [2.45, 2.75) is 38.0 Å². The standard InChI is InChI=1S/C13H18BrN/c1-2-3-10-4-5-11(8-12(10)14)13(9-15)6-7-13/h4-5,8H,2-3,6-7,9,15H2,1H3. The quantitative estimate of drug-likeness (QED) is 0.890. The SMILES string of the molecule is CCCc1ccc(C2(CN)CC2)cc1Br. The zero-order valence-corrected chi connectivity index (χ0v) is 10.8. The van der Waals surface area contributed by atoms with E-state index in [2.05, 4.69) is 41.1 Å². The number of aryl methyl sites for hydroxylation is 1. The Labute approximate surface area is 100 Å². The highest BCUT2D eigenvalue weighted by atomic mass is 79.9. The predicted octanol–water partition coefficient (Wildman–Crippen LogP) is 3.39. The Bertz CT molecular complexity index is 356. The summed E-state index contributed by atoms with van der Waals surface area (Å²) in [5, 5.41) is 0. The first-order valence-electron chi connectivity index (χ1n) is 5.71. The van der Waals surface area contributed by atoms with E-state index in [0.717, 1.165) is 13.0 Å². The lowest BCUT2D eigenvalue weighted by Crippen LogP contribution is -2.19. The molecule has 82 valence electrons. The summed E-state index contributed by atoms with van der Waals surface area (Å²) in [6, 6.07) is 6.78. The van der Waals surface area contributed by atoms with E-state index in [1.807, 2.05) is 0 Å². The maximum absolute atomic E-state index is 5.83. The van der Waals surface area contributed by atoms with Crippen LogP contribution in [0.4, 0.5) is 0 Å². The van der Waals surface area contributed by atoms with Gasteiger partial charge in [-0.3, -0.25) is 0 Å². The molecule has 1 saturated carbocycles. The van der Waals surface area contributed by atoms with Crippen LogP contribution < -0.4 is 5.73 Å². The van der Waals surface area contributed by atoms with Crippen molar-refractivity contribution in [2.75, 3.05) is 6.54 Å². The maximum atomic E-state index is 5.83. The minimum Gasteiger partial charge on any atom is -0.330 e. The lowest BCUT2D eigenvalue weighted by atomic mass is 9.94. The topological polar surface area (TPSA) is 26.0 Å². The molecule has 0 spiro atoms. The van der Waals surface area contributed by atoms with Crippen LogP contribution in [0.1, 0.15) is 37.3 Å². The summed E-state index contributed by atoms with van der Waals surface area (Å²) in [6.07, 6.45) is 4.85. The normalized spacial score (nSPS) is 17.8. The Balaban J connectivity index is 2.25.